The number of carbonyl (C=O) groups is 6. The maximum absolute atomic E-state index is 13.1. The van der Waals surface area contributed by atoms with Crippen molar-refractivity contribution in [2.45, 2.75) is 70.1 Å². The van der Waals surface area contributed by atoms with Crippen molar-refractivity contribution in [3.8, 4) is 0 Å². The van der Waals surface area contributed by atoms with E-state index in [1.165, 1.54) is 0 Å². The molecule has 0 bridgehead atoms. The molecule has 13 heteroatoms. The number of nitrogens with one attached hydrogen (secondary N) is 3. The summed E-state index contributed by atoms with van der Waals surface area (Å²) in [7, 11) is 0. The van der Waals surface area contributed by atoms with Crippen LogP contribution in [0, 0.1) is 5.92 Å². The summed E-state index contributed by atoms with van der Waals surface area (Å²) in [5, 5.41) is 25.9. The van der Waals surface area contributed by atoms with Gasteiger partial charge in [-0.05, 0) is 17.9 Å². The monoisotopic (exact) mass is 521 g/mol. The van der Waals surface area contributed by atoms with E-state index < -0.39 is 72.1 Å². The van der Waals surface area contributed by atoms with E-state index in [9.17, 15) is 39.0 Å². The Bertz CT molecular complexity index is 971. The van der Waals surface area contributed by atoms with Gasteiger partial charge in [0.25, 0.3) is 0 Å². The summed E-state index contributed by atoms with van der Waals surface area (Å²) < 4.78 is 0. The summed E-state index contributed by atoms with van der Waals surface area (Å²) in [6.07, 6.45) is -0.680. The number of carboxylic acid groups (broad SMARTS) is 2. The van der Waals surface area contributed by atoms with Crippen molar-refractivity contribution in [2.24, 2.45) is 17.4 Å². The zero-order chi connectivity index (χ0) is 28.1. The number of aliphatic carboxylic acids is 2. The van der Waals surface area contributed by atoms with Gasteiger partial charge >= 0.3 is 11.9 Å². The summed E-state index contributed by atoms with van der Waals surface area (Å²) in [5.74, 6) is -6.43. The van der Waals surface area contributed by atoms with E-state index in [1.54, 1.807) is 44.2 Å². The van der Waals surface area contributed by atoms with Crippen molar-refractivity contribution in [3.05, 3.63) is 35.9 Å². The van der Waals surface area contributed by atoms with Gasteiger partial charge in [-0.25, -0.2) is 4.79 Å². The van der Waals surface area contributed by atoms with Gasteiger partial charge in [0.05, 0.1) is 12.5 Å². The molecule has 5 unspecified atom stereocenters. The van der Waals surface area contributed by atoms with E-state index in [0.717, 1.165) is 0 Å². The van der Waals surface area contributed by atoms with E-state index in [1.807, 2.05) is 0 Å². The Balaban J connectivity index is 3.01. The first-order valence-electron chi connectivity index (χ1n) is 11.8. The van der Waals surface area contributed by atoms with Gasteiger partial charge in [0.15, 0.2) is 0 Å². The van der Waals surface area contributed by atoms with Crippen molar-refractivity contribution in [3.63, 3.8) is 0 Å². The van der Waals surface area contributed by atoms with Gasteiger partial charge in [-0.1, -0.05) is 50.6 Å². The molecule has 9 N–H and O–H groups in total. The van der Waals surface area contributed by atoms with E-state index in [-0.39, 0.29) is 19.3 Å². The maximum Gasteiger partial charge on any atom is 0.326 e. The molecule has 204 valence electrons. The largest absolute Gasteiger partial charge is 0.481 e. The minimum absolute atomic E-state index is 0.00394. The molecule has 0 radical (unpaired) electrons. The first-order valence-corrected chi connectivity index (χ1v) is 11.8. The van der Waals surface area contributed by atoms with Crippen LogP contribution in [0.25, 0.3) is 0 Å². The maximum atomic E-state index is 13.1. The Labute approximate surface area is 214 Å². The number of carboxylic acids is 2. The van der Waals surface area contributed by atoms with Crippen LogP contribution < -0.4 is 27.4 Å². The topological polar surface area (TPSA) is 231 Å². The third kappa shape index (κ3) is 11.1. The van der Waals surface area contributed by atoms with Crippen molar-refractivity contribution >= 4 is 35.6 Å². The van der Waals surface area contributed by atoms with Crippen LogP contribution in [0.3, 0.4) is 0 Å². The van der Waals surface area contributed by atoms with Crippen molar-refractivity contribution in [2.75, 3.05) is 0 Å². The lowest BCUT2D eigenvalue weighted by Crippen LogP contribution is -2.59. The quantitative estimate of drug-likeness (QED) is 0.139. The van der Waals surface area contributed by atoms with Crippen molar-refractivity contribution in [1.29, 1.82) is 0 Å². The molecule has 5 atom stereocenters. The highest BCUT2D eigenvalue weighted by Gasteiger charge is 2.33. The van der Waals surface area contributed by atoms with Gasteiger partial charge < -0.3 is 37.6 Å². The third-order valence-corrected chi connectivity index (χ3v) is 5.74. The van der Waals surface area contributed by atoms with Crippen LogP contribution in [0.5, 0.6) is 0 Å². The zero-order valence-electron chi connectivity index (χ0n) is 20.8. The summed E-state index contributed by atoms with van der Waals surface area (Å²) in [5.41, 5.74) is 11.4. The smallest absolute Gasteiger partial charge is 0.326 e. The van der Waals surface area contributed by atoms with Gasteiger partial charge in [0.1, 0.15) is 18.1 Å². The van der Waals surface area contributed by atoms with Crippen LogP contribution in [0.2, 0.25) is 0 Å². The molecule has 0 spiro atoms. The second kappa shape index (κ2) is 15.2. The standard InChI is InChI=1S/C24H35N5O8/c1-3-13(2)20(23(35)28-17(24(36)37)11-14-7-5-4-6-8-14)29-22(34)16(12-19(31)32)27-21(33)15(25)9-10-18(26)30/h4-8,13,15-17,20H,3,9-12,25H2,1-2H3,(H2,26,30)(H,27,33)(H,28,35)(H,29,34)(H,31,32)(H,36,37). The second-order valence-electron chi connectivity index (χ2n) is 8.73. The molecule has 0 aliphatic carbocycles. The fourth-order valence-corrected chi connectivity index (χ4v) is 3.36. The molecule has 1 rings (SSSR count). The molecule has 0 aromatic heterocycles. The van der Waals surface area contributed by atoms with Crippen LogP contribution in [-0.4, -0.2) is 69.9 Å². The lowest BCUT2D eigenvalue weighted by Gasteiger charge is -2.27. The lowest BCUT2D eigenvalue weighted by atomic mass is 9.96. The summed E-state index contributed by atoms with van der Waals surface area (Å²) in [6.45, 7) is 3.41. The van der Waals surface area contributed by atoms with Gasteiger partial charge in [0.2, 0.25) is 23.6 Å². The Morgan fingerprint density at radius 1 is 0.892 bits per heavy atom. The molecule has 0 heterocycles. The zero-order valence-corrected chi connectivity index (χ0v) is 20.8. The number of amides is 4. The first kappa shape index (κ1) is 31.0. The summed E-state index contributed by atoms with van der Waals surface area (Å²) in [6, 6.07) is 3.35. The van der Waals surface area contributed by atoms with Crippen LogP contribution >= 0.6 is 0 Å². The minimum Gasteiger partial charge on any atom is -0.481 e. The third-order valence-electron chi connectivity index (χ3n) is 5.74. The molecular weight excluding hydrogens is 486 g/mol. The van der Waals surface area contributed by atoms with Gasteiger partial charge in [-0.3, -0.25) is 24.0 Å². The van der Waals surface area contributed by atoms with E-state index in [0.29, 0.717) is 12.0 Å². The molecule has 1 aromatic carbocycles. The van der Waals surface area contributed by atoms with E-state index >= 15 is 0 Å². The molecule has 0 saturated carbocycles. The van der Waals surface area contributed by atoms with E-state index in [2.05, 4.69) is 16.0 Å². The molecule has 13 nitrogen and oxygen atoms in total. The Hall–Kier alpha value is -4.00. The normalized spacial score (nSPS) is 14.8. The highest BCUT2D eigenvalue weighted by Crippen LogP contribution is 2.11. The lowest BCUT2D eigenvalue weighted by molar-refractivity contribution is -0.143. The molecule has 1 aromatic rings. The number of carbonyl (C=O) groups excluding carboxylic acids is 4. The fourth-order valence-electron chi connectivity index (χ4n) is 3.36. The van der Waals surface area contributed by atoms with Gasteiger partial charge in [0, 0.05) is 12.8 Å². The average Bonchev–Trinajstić information content (AvgIpc) is 2.84. The SMILES string of the molecule is CCC(C)C(NC(=O)C(CC(=O)O)NC(=O)C(N)CCC(N)=O)C(=O)NC(Cc1ccccc1)C(=O)O. The Morgan fingerprint density at radius 3 is 2.00 bits per heavy atom. The number of hydrogen-bond acceptors (Lipinski definition) is 7. The van der Waals surface area contributed by atoms with Crippen LogP contribution in [0.15, 0.2) is 30.3 Å². The van der Waals surface area contributed by atoms with Crippen molar-refractivity contribution in [1.82, 2.24) is 16.0 Å². The minimum atomic E-state index is -1.58. The Kier molecular flexibility index (Phi) is 12.7. The summed E-state index contributed by atoms with van der Waals surface area (Å²) in [4.78, 5) is 72.4. The number of rotatable bonds is 16. The highest BCUT2D eigenvalue weighted by atomic mass is 16.4. The average molecular weight is 522 g/mol. The highest BCUT2D eigenvalue weighted by molar-refractivity contribution is 5.95. The molecule has 0 aliphatic rings. The number of benzene rings is 1. The number of hydrogen-bond donors (Lipinski definition) is 7. The molecule has 37 heavy (non-hydrogen) atoms. The van der Waals surface area contributed by atoms with Crippen LogP contribution in [0.1, 0.15) is 45.1 Å². The summed E-state index contributed by atoms with van der Waals surface area (Å²) >= 11 is 0. The van der Waals surface area contributed by atoms with Crippen LogP contribution in [0.4, 0.5) is 0 Å². The first-order chi connectivity index (χ1) is 17.3. The van der Waals surface area contributed by atoms with Crippen LogP contribution in [-0.2, 0) is 35.2 Å². The van der Waals surface area contributed by atoms with Gasteiger partial charge in [-0.2, -0.15) is 0 Å². The number of primary amides is 1. The van der Waals surface area contributed by atoms with E-state index in [4.69, 9.17) is 11.5 Å². The Morgan fingerprint density at radius 2 is 1.49 bits per heavy atom. The van der Waals surface area contributed by atoms with Gasteiger partial charge in [-0.15, -0.1) is 0 Å². The molecule has 0 fully saturated rings. The predicted octanol–water partition coefficient (Wildman–Crippen LogP) is -1.12. The predicted molar refractivity (Wildman–Crippen MR) is 132 cm³/mol. The second-order valence-corrected chi connectivity index (χ2v) is 8.73. The molecular formula is C24H35N5O8. The number of nitrogens with two attached hydrogens (primary N) is 2. The fraction of sp³-hybridized carbons (Fsp3) is 0.500. The molecule has 0 aliphatic heterocycles. The molecule has 4 amide bonds. The van der Waals surface area contributed by atoms with Crippen molar-refractivity contribution < 1.29 is 39.0 Å². The molecule has 0 saturated heterocycles.